The van der Waals surface area contributed by atoms with Gasteiger partial charge in [-0.3, -0.25) is 9.47 Å². The maximum Gasteiger partial charge on any atom is 0.329 e. The second-order valence-electron chi connectivity index (χ2n) is 8.95. The lowest BCUT2D eigenvalue weighted by molar-refractivity contribution is 0.109. The molecule has 1 unspecified atom stereocenters. The molecule has 0 saturated carbocycles. The SMILES string of the molecule is CCCCOc1nc(N)c2[nH]c(=O)n(C(CCCCN3CCNCC3)N3CCNCC3)c2n1. The van der Waals surface area contributed by atoms with Gasteiger partial charge in [-0.1, -0.05) is 13.3 Å². The predicted octanol–water partition coefficient (Wildman–Crippen LogP) is 0.360. The third-order valence-electron chi connectivity index (χ3n) is 6.57. The molecule has 5 N–H and O–H groups in total. The number of piperazine rings is 2. The quantitative estimate of drug-likeness (QED) is 0.351. The van der Waals surface area contributed by atoms with E-state index in [-0.39, 0.29) is 23.7 Å². The van der Waals surface area contributed by atoms with Gasteiger partial charge in [-0.2, -0.15) is 9.97 Å². The van der Waals surface area contributed by atoms with Gasteiger partial charge in [0, 0.05) is 52.4 Å². The van der Waals surface area contributed by atoms with Crippen molar-refractivity contribution in [3.05, 3.63) is 10.5 Å². The van der Waals surface area contributed by atoms with Crippen molar-refractivity contribution in [1.82, 2.24) is 40.0 Å². The van der Waals surface area contributed by atoms with Crippen LogP contribution in [0.5, 0.6) is 6.01 Å². The van der Waals surface area contributed by atoms with Gasteiger partial charge >= 0.3 is 11.7 Å². The highest BCUT2D eigenvalue weighted by atomic mass is 16.5. The average Bonchev–Trinajstić information content (AvgIpc) is 3.17. The summed E-state index contributed by atoms with van der Waals surface area (Å²) in [4.78, 5) is 29.8. The summed E-state index contributed by atoms with van der Waals surface area (Å²) in [5, 5.41) is 6.81. The van der Waals surface area contributed by atoms with Gasteiger partial charge in [0.2, 0.25) is 0 Å². The minimum absolute atomic E-state index is 0.0748. The third kappa shape index (κ3) is 6.03. The maximum atomic E-state index is 13.1. The fraction of sp³-hybridized carbons (Fsp3) is 0.773. The Bertz CT molecular complexity index is 932. The summed E-state index contributed by atoms with van der Waals surface area (Å²) in [6.07, 6.45) is 4.90. The minimum Gasteiger partial charge on any atom is -0.463 e. The van der Waals surface area contributed by atoms with E-state index >= 15 is 0 Å². The molecule has 2 aromatic rings. The lowest BCUT2D eigenvalue weighted by Crippen LogP contribution is -2.48. The van der Waals surface area contributed by atoms with Gasteiger partial charge in [0.1, 0.15) is 5.52 Å². The number of aromatic nitrogens is 4. The van der Waals surface area contributed by atoms with Crippen molar-refractivity contribution in [2.45, 2.75) is 45.2 Å². The summed E-state index contributed by atoms with van der Waals surface area (Å²) in [5.41, 5.74) is 7.01. The van der Waals surface area contributed by atoms with E-state index in [2.05, 4.69) is 42.3 Å². The van der Waals surface area contributed by atoms with Crippen LogP contribution in [0.25, 0.3) is 11.2 Å². The van der Waals surface area contributed by atoms with E-state index < -0.39 is 0 Å². The van der Waals surface area contributed by atoms with Crippen LogP contribution in [0.2, 0.25) is 0 Å². The molecule has 4 rings (SSSR count). The van der Waals surface area contributed by atoms with Crippen molar-refractivity contribution in [2.24, 2.45) is 0 Å². The van der Waals surface area contributed by atoms with Crippen molar-refractivity contribution in [2.75, 3.05) is 71.2 Å². The Morgan fingerprint density at radius 3 is 2.48 bits per heavy atom. The van der Waals surface area contributed by atoms with Crippen LogP contribution in [0.15, 0.2) is 4.79 Å². The third-order valence-corrected chi connectivity index (χ3v) is 6.57. The van der Waals surface area contributed by atoms with Crippen LogP contribution >= 0.6 is 0 Å². The van der Waals surface area contributed by atoms with Crippen LogP contribution < -0.4 is 26.8 Å². The lowest BCUT2D eigenvalue weighted by Gasteiger charge is -2.35. The number of anilines is 1. The summed E-state index contributed by atoms with van der Waals surface area (Å²) < 4.78 is 7.50. The Morgan fingerprint density at radius 1 is 1.03 bits per heavy atom. The number of H-pyrrole nitrogens is 1. The van der Waals surface area contributed by atoms with Crippen LogP contribution in [-0.2, 0) is 0 Å². The Hall–Kier alpha value is -2.21. The fourth-order valence-corrected chi connectivity index (χ4v) is 4.70. The molecule has 2 aliphatic rings. The van der Waals surface area contributed by atoms with E-state index in [1.165, 1.54) is 0 Å². The summed E-state index contributed by atoms with van der Waals surface area (Å²) in [5.74, 6) is 0.250. The van der Waals surface area contributed by atoms with Crippen molar-refractivity contribution < 1.29 is 4.74 Å². The Labute approximate surface area is 195 Å². The molecule has 0 aromatic carbocycles. The van der Waals surface area contributed by atoms with E-state index in [4.69, 9.17) is 10.5 Å². The number of hydrogen-bond donors (Lipinski definition) is 4. The first-order valence-corrected chi connectivity index (χ1v) is 12.5. The number of unbranched alkanes of at least 4 members (excludes halogenated alkanes) is 2. The second-order valence-corrected chi connectivity index (χ2v) is 8.95. The molecule has 0 bridgehead atoms. The predicted molar refractivity (Wildman–Crippen MR) is 130 cm³/mol. The Balaban J connectivity index is 1.54. The van der Waals surface area contributed by atoms with Crippen molar-refractivity contribution in [1.29, 1.82) is 0 Å². The molecule has 0 spiro atoms. The van der Waals surface area contributed by atoms with Gasteiger partial charge < -0.3 is 31.0 Å². The molecule has 4 heterocycles. The number of imidazole rings is 1. The molecule has 2 aromatic heterocycles. The maximum absolute atomic E-state index is 13.1. The first-order valence-electron chi connectivity index (χ1n) is 12.5. The summed E-state index contributed by atoms with van der Waals surface area (Å²) in [6, 6.07) is 0.235. The van der Waals surface area contributed by atoms with Gasteiger partial charge in [0.15, 0.2) is 11.5 Å². The zero-order valence-electron chi connectivity index (χ0n) is 19.8. The molecule has 33 heavy (non-hydrogen) atoms. The van der Waals surface area contributed by atoms with Gasteiger partial charge in [0.05, 0.1) is 12.8 Å². The number of nitrogens with one attached hydrogen (secondary N) is 3. The highest BCUT2D eigenvalue weighted by molar-refractivity contribution is 5.82. The van der Waals surface area contributed by atoms with E-state index in [1.807, 2.05) is 0 Å². The van der Waals surface area contributed by atoms with Crippen molar-refractivity contribution in [3.8, 4) is 6.01 Å². The highest BCUT2D eigenvalue weighted by Crippen LogP contribution is 2.26. The largest absolute Gasteiger partial charge is 0.463 e. The van der Waals surface area contributed by atoms with E-state index in [0.717, 1.165) is 91.0 Å². The molecule has 2 fully saturated rings. The van der Waals surface area contributed by atoms with Gasteiger partial charge in [-0.25, -0.2) is 4.79 Å². The summed E-state index contributed by atoms with van der Waals surface area (Å²) in [7, 11) is 0. The van der Waals surface area contributed by atoms with Crippen LogP contribution in [0, 0.1) is 0 Å². The van der Waals surface area contributed by atoms with Gasteiger partial charge in [0.25, 0.3) is 0 Å². The smallest absolute Gasteiger partial charge is 0.329 e. The normalized spacial score (nSPS) is 19.2. The molecule has 0 amide bonds. The van der Waals surface area contributed by atoms with Gasteiger partial charge in [-0.15, -0.1) is 0 Å². The fourth-order valence-electron chi connectivity index (χ4n) is 4.70. The molecule has 0 radical (unpaired) electrons. The molecule has 11 heteroatoms. The van der Waals surface area contributed by atoms with Crippen molar-refractivity contribution >= 4 is 17.0 Å². The molecule has 2 saturated heterocycles. The van der Waals surface area contributed by atoms with Crippen LogP contribution in [0.4, 0.5) is 5.82 Å². The summed E-state index contributed by atoms with van der Waals surface area (Å²) in [6.45, 7) is 11.7. The average molecular weight is 462 g/mol. The number of aromatic amines is 1. The van der Waals surface area contributed by atoms with Crippen LogP contribution in [0.3, 0.4) is 0 Å². The van der Waals surface area contributed by atoms with E-state index in [9.17, 15) is 4.79 Å². The Kier molecular flexibility index (Phi) is 8.54. The standard InChI is InChI=1S/C22H39N9O2/c1-2-3-16-33-21-27-19(23)18-20(28-21)31(22(32)26-18)17(30-14-9-25-10-15-30)6-4-5-11-29-12-7-24-8-13-29/h17,24-25H,2-16H2,1H3,(H,26,32)(H2,23,27,28). The monoisotopic (exact) mass is 461 g/mol. The number of rotatable bonds is 11. The van der Waals surface area contributed by atoms with E-state index in [0.29, 0.717) is 17.8 Å². The molecular weight excluding hydrogens is 422 g/mol. The number of ether oxygens (including phenoxy) is 1. The topological polar surface area (TPSA) is 129 Å². The molecule has 11 nitrogen and oxygen atoms in total. The zero-order valence-corrected chi connectivity index (χ0v) is 19.8. The molecule has 2 aliphatic heterocycles. The first kappa shape index (κ1) is 23.9. The number of nitrogen functional groups attached to an aromatic ring is 1. The molecule has 184 valence electrons. The summed E-state index contributed by atoms with van der Waals surface area (Å²) >= 11 is 0. The number of fused-ring (bicyclic) bond motifs is 1. The number of nitrogens with two attached hydrogens (primary N) is 1. The number of hydrogen-bond acceptors (Lipinski definition) is 9. The Morgan fingerprint density at radius 2 is 1.76 bits per heavy atom. The van der Waals surface area contributed by atoms with E-state index in [1.54, 1.807) is 4.57 Å². The zero-order chi connectivity index (χ0) is 23.0. The molecule has 0 aliphatic carbocycles. The number of nitrogens with zero attached hydrogens (tertiary/aromatic N) is 5. The lowest BCUT2D eigenvalue weighted by atomic mass is 10.1. The second kappa shape index (κ2) is 11.8. The van der Waals surface area contributed by atoms with Crippen LogP contribution in [0.1, 0.15) is 45.2 Å². The molecular formula is C22H39N9O2. The van der Waals surface area contributed by atoms with Crippen LogP contribution in [-0.4, -0.2) is 94.8 Å². The molecule has 1 atom stereocenters. The minimum atomic E-state index is -0.192. The first-order chi connectivity index (χ1) is 16.2. The van der Waals surface area contributed by atoms with Crippen molar-refractivity contribution in [3.63, 3.8) is 0 Å². The van der Waals surface area contributed by atoms with Gasteiger partial charge in [-0.05, 0) is 32.2 Å². The highest BCUT2D eigenvalue weighted by Gasteiger charge is 2.27.